The van der Waals surface area contributed by atoms with Gasteiger partial charge in [-0.2, -0.15) is 0 Å². The van der Waals surface area contributed by atoms with E-state index >= 15 is 0 Å². The molecule has 0 bridgehead atoms. The van der Waals surface area contributed by atoms with Gasteiger partial charge in [0.1, 0.15) is 0 Å². The number of alkyl carbamates (subject to hydrolysis) is 1. The predicted molar refractivity (Wildman–Crippen MR) is 44.0 cm³/mol. The highest BCUT2D eigenvalue weighted by Gasteiger charge is 2.15. The monoisotopic (exact) mass is 173 g/mol. The Morgan fingerprint density at radius 3 is 3.17 bits per heavy atom. The van der Waals surface area contributed by atoms with E-state index < -0.39 is 0 Å². The summed E-state index contributed by atoms with van der Waals surface area (Å²) in [6, 6.07) is 0.137. The lowest BCUT2D eigenvalue weighted by atomic mass is 10.1. The second-order valence-electron chi connectivity index (χ2n) is 2.78. The first-order chi connectivity index (χ1) is 5.83. The second kappa shape index (κ2) is 4.98. The van der Waals surface area contributed by atoms with Crippen LogP contribution >= 0.6 is 0 Å². The van der Waals surface area contributed by atoms with Crippen molar-refractivity contribution in [1.29, 1.82) is 0 Å². The Balaban J connectivity index is 2.15. The molecule has 4 nitrogen and oxygen atoms in total. The Bertz CT molecular complexity index is 143. The molecule has 4 heteroatoms. The van der Waals surface area contributed by atoms with Crippen molar-refractivity contribution in [1.82, 2.24) is 5.32 Å². The quantitative estimate of drug-likeness (QED) is 0.675. The molecule has 1 atom stereocenters. The number of amides is 1. The molecule has 0 saturated carbocycles. The fraction of sp³-hybridized carbons (Fsp3) is 0.875. The van der Waals surface area contributed by atoms with Gasteiger partial charge in [-0.05, 0) is 19.8 Å². The van der Waals surface area contributed by atoms with Gasteiger partial charge in [0.2, 0.25) is 0 Å². The number of rotatable bonds is 2. The van der Waals surface area contributed by atoms with Gasteiger partial charge in [-0.25, -0.2) is 4.79 Å². The van der Waals surface area contributed by atoms with E-state index in [0.717, 1.165) is 19.4 Å². The normalized spacial score (nSPS) is 23.2. The molecule has 0 aromatic heterocycles. The largest absolute Gasteiger partial charge is 0.450 e. The van der Waals surface area contributed by atoms with Crippen molar-refractivity contribution in [3.8, 4) is 0 Å². The van der Waals surface area contributed by atoms with Crippen LogP contribution in [0.15, 0.2) is 0 Å². The van der Waals surface area contributed by atoms with Crippen LogP contribution < -0.4 is 5.32 Å². The Kier molecular flexibility index (Phi) is 3.87. The summed E-state index contributed by atoms with van der Waals surface area (Å²) < 4.78 is 9.93. The third-order valence-electron chi connectivity index (χ3n) is 1.76. The number of carbonyl (C=O) groups is 1. The van der Waals surface area contributed by atoms with E-state index in [1.54, 1.807) is 6.92 Å². The Labute approximate surface area is 72.2 Å². The maximum atomic E-state index is 10.9. The molecule has 1 aliphatic rings. The van der Waals surface area contributed by atoms with Crippen LogP contribution in [-0.2, 0) is 9.47 Å². The Morgan fingerprint density at radius 1 is 1.75 bits per heavy atom. The van der Waals surface area contributed by atoms with E-state index in [9.17, 15) is 4.79 Å². The molecule has 1 N–H and O–H groups in total. The van der Waals surface area contributed by atoms with Gasteiger partial charge >= 0.3 is 6.09 Å². The topological polar surface area (TPSA) is 47.6 Å². The average Bonchev–Trinajstić information content (AvgIpc) is 2.06. The molecule has 1 saturated heterocycles. The van der Waals surface area contributed by atoms with Crippen molar-refractivity contribution >= 4 is 6.09 Å². The summed E-state index contributed by atoms with van der Waals surface area (Å²) >= 11 is 0. The predicted octanol–water partition coefficient (Wildman–Crippen LogP) is 0.911. The summed E-state index contributed by atoms with van der Waals surface area (Å²) in [6.07, 6.45) is 1.66. The third-order valence-corrected chi connectivity index (χ3v) is 1.76. The van der Waals surface area contributed by atoms with Gasteiger partial charge in [0.15, 0.2) is 0 Å². The highest BCUT2D eigenvalue weighted by Crippen LogP contribution is 2.05. The molecular weight excluding hydrogens is 158 g/mol. The maximum absolute atomic E-state index is 10.9. The van der Waals surface area contributed by atoms with Crippen molar-refractivity contribution in [2.24, 2.45) is 0 Å². The number of carbonyl (C=O) groups excluding carboxylic acids is 1. The molecule has 0 aromatic carbocycles. The van der Waals surface area contributed by atoms with Crippen LogP contribution in [0.5, 0.6) is 0 Å². The minimum Gasteiger partial charge on any atom is -0.450 e. The summed E-state index contributed by atoms with van der Waals surface area (Å²) in [5.74, 6) is 0. The summed E-state index contributed by atoms with van der Waals surface area (Å²) in [5.41, 5.74) is 0. The Hall–Kier alpha value is -0.770. The zero-order valence-electron chi connectivity index (χ0n) is 7.34. The first kappa shape index (κ1) is 9.32. The van der Waals surface area contributed by atoms with Crippen molar-refractivity contribution < 1.29 is 14.3 Å². The lowest BCUT2D eigenvalue weighted by Gasteiger charge is -2.22. The van der Waals surface area contributed by atoms with Gasteiger partial charge in [-0.15, -0.1) is 0 Å². The number of ether oxygens (including phenoxy) is 2. The van der Waals surface area contributed by atoms with Crippen LogP contribution in [0.1, 0.15) is 19.8 Å². The van der Waals surface area contributed by atoms with Gasteiger partial charge in [0.25, 0.3) is 0 Å². The van der Waals surface area contributed by atoms with E-state index in [4.69, 9.17) is 9.47 Å². The highest BCUT2D eigenvalue weighted by atomic mass is 16.5. The standard InChI is InChI=1S/C8H15NO3/c1-2-12-8(10)9-7-4-3-5-11-6-7/h7H,2-6H2,1H3,(H,9,10). The van der Waals surface area contributed by atoms with Crippen molar-refractivity contribution in [3.05, 3.63) is 0 Å². The lowest BCUT2D eigenvalue weighted by molar-refractivity contribution is 0.0658. The zero-order chi connectivity index (χ0) is 8.81. The highest BCUT2D eigenvalue weighted by molar-refractivity contribution is 5.67. The van der Waals surface area contributed by atoms with Gasteiger partial charge in [0, 0.05) is 6.61 Å². The molecule has 70 valence electrons. The molecule has 1 fully saturated rings. The summed E-state index contributed by atoms with van der Waals surface area (Å²) in [6.45, 7) is 3.62. The SMILES string of the molecule is CCOC(=O)NC1CCCOC1. The molecule has 1 heterocycles. The van der Waals surface area contributed by atoms with Crippen molar-refractivity contribution in [2.75, 3.05) is 19.8 Å². The second-order valence-corrected chi connectivity index (χ2v) is 2.78. The van der Waals surface area contributed by atoms with Gasteiger partial charge in [0.05, 0.1) is 19.3 Å². The molecular formula is C8H15NO3. The van der Waals surface area contributed by atoms with E-state index in [-0.39, 0.29) is 12.1 Å². The molecule has 1 rings (SSSR count). The van der Waals surface area contributed by atoms with Gasteiger partial charge in [-0.3, -0.25) is 0 Å². The van der Waals surface area contributed by atoms with Crippen LogP contribution in [0, 0.1) is 0 Å². The van der Waals surface area contributed by atoms with E-state index in [0.29, 0.717) is 13.2 Å². The Morgan fingerprint density at radius 2 is 2.58 bits per heavy atom. The third kappa shape index (κ3) is 3.09. The molecule has 0 radical (unpaired) electrons. The molecule has 1 unspecified atom stereocenters. The fourth-order valence-corrected chi connectivity index (χ4v) is 1.19. The molecule has 0 aliphatic carbocycles. The summed E-state index contributed by atoms with van der Waals surface area (Å²) in [5, 5.41) is 2.73. The van der Waals surface area contributed by atoms with Crippen molar-refractivity contribution in [2.45, 2.75) is 25.8 Å². The molecule has 12 heavy (non-hydrogen) atoms. The lowest BCUT2D eigenvalue weighted by Crippen LogP contribution is -2.40. The average molecular weight is 173 g/mol. The first-order valence-electron chi connectivity index (χ1n) is 4.34. The molecule has 1 amide bonds. The van der Waals surface area contributed by atoms with E-state index in [1.165, 1.54) is 0 Å². The number of hydrogen-bond donors (Lipinski definition) is 1. The molecule has 0 aromatic rings. The maximum Gasteiger partial charge on any atom is 0.407 e. The van der Waals surface area contributed by atoms with E-state index in [1.807, 2.05) is 0 Å². The molecule has 0 spiro atoms. The smallest absolute Gasteiger partial charge is 0.407 e. The van der Waals surface area contributed by atoms with Crippen LogP contribution in [0.25, 0.3) is 0 Å². The van der Waals surface area contributed by atoms with Crippen LogP contribution in [0.2, 0.25) is 0 Å². The van der Waals surface area contributed by atoms with E-state index in [2.05, 4.69) is 5.32 Å². The van der Waals surface area contributed by atoms with Gasteiger partial charge in [-0.1, -0.05) is 0 Å². The summed E-state index contributed by atoms with van der Waals surface area (Å²) in [4.78, 5) is 10.9. The van der Waals surface area contributed by atoms with Gasteiger partial charge < -0.3 is 14.8 Å². The molecule has 1 aliphatic heterocycles. The minimum atomic E-state index is -0.340. The number of nitrogens with one attached hydrogen (secondary N) is 1. The fourth-order valence-electron chi connectivity index (χ4n) is 1.19. The minimum absolute atomic E-state index is 0.137. The zero-order valence-corrected chi connectivity index (χ0v) is 7.34. The number of hydrogen-bond acceptors (Lipinski definition) is 3. The van der Waals surface area contributed by atoms with Crippen LogP contribution in [-0.4, -0.2) is 32.0 Å². The van der Waals surface area contributed by atoms with Crippen LogP contribution in [0.4, 0.5) is 4.79 Å². The summed E-state index contributed by atoms with van der Waals surface area (Å²) in [7, 11) is 0. The first-order valence-corrected chi connectivity index (χ1v) is 4.34. The van der Waals surface area contributed by atoms with Crippen LogP contribution in [0.3, 0.4) is 0 Å². The van der Waals surface area contributed by atoms with Crippen molar-refractivity contribution in [3.63, 3.8) is 0 Å².